The van der Waals surface area contributed by atoms with E-state index in [1.807, 2.05) is 0 Å². The predicted octanol–water partition coefficient (Wildman–Crippen LogP) is 24.4. The van der Waals surface area contributed by atoms with Gasteiger partial charge in [0.25, 0.3) is 0 Å². The molecule has 0 spiro atoms. The summed E-state index contributed by atoms with van der Waals surface area (Å²) in [6.07, 6.45) is 9.01. The number of nitrogens with zero attached hydrogens (tertiary/aromatic N) is 2. The monoisotopic (exact) mass is 1150 g/mol. The van der Waals surface area contributed by atoms with Gasteiger partial charge in [0, 0.05) is 45.0 Å². The Kier molecular flexibility index (Phi) is 15.0. The van der Waals surface area contributed by atoms with Crippen molar-refractivity contribution in [1.29, 1.82) is 0 Å². The van der Waals surface area contributed by atoms with E-state index in [4.69, 9.17) is 0 Å². The van der Waals surface area contributed by atoms with E-state index in [-0.39, 0.29) is 32.5 Å². The lowest BCUT2D eigenvalue weighted by atomic mass is 9.81. The van der Waals surface area contributed by atoms with Crippen molar-refractivity contribution in [3.63, 3.8) is 0 Å². The van der Waals surface area contributed by atoms with Crippen molar-refractivity contribution in [3.8, 4) is 33.4 Å². The molecular weight excluding hydrogens is 1060 g/mol. The van der Waals surface area contributed by atoms with Crippen LogP contribution in [0, 0.1) is 0 Å². The third-order valence-electron chi connectivity index (χ3n) is 18.9. The first-order valence-corrected chi connectivity index (χ1v) is 31.8. The number of hydrogen-bond acceptors (Lipinski definition) is 2. The van der Waals surface area contributed by atoms with E-state index in [9.17, 15) is 0 Å². The molecule has 0 unspecified atom stereocenters. The van der Waals surface area contributed by atoms with Crippen molar-refractivity contribution in [2.24, 2.45) is 0 Å². The summed E-state index contributed by atoms with van der Waals surface area (Å²) < 4.78 is 0. The minimum Gasteiger partial charge on any atom is -0.310 e. The van der Waals surface area contributed by atoms with E-state index in [0.717, 1.165) is 22.7 Å². The second-order valence-electron chi connectivity index (χ2n) is 30.1. The Labute approximate surface area is 527 Å². The summed E-state index contributed by atoms with van der Waals surface area (Å²) >= 11 is 0. The Bertz CT molecular complexity index is 3870. The molecule has 12 rings (SSSR count). The van der Waals surface area contributed by atoms with Gasteiger partial charge in [-0.1, -0.05) is 281 Å². The molecule has 0 heterocycles. The van der Waals surface area contributed by atoms with Crippen molar-refractivity contribution in [3.05, 3.63) is 285 Å². The molecule has 0 saturated carbocycles. The van der Waals surface area contributed by atoms with Crippen LogP contribution in [0.1, 0.15) is 178 Å². The highest BCUT2D eigenvalue weighted by Crippen LogP contribution is 2.53. The van der Waals surface area contributed by atoms with Gasteiger partial charge in [-0.15, -0.1) is 0 Å². The van der Waals surface area contributed by atoms with Gasteiger partial charge >= 0.3 is 0 Å². The molecule has 0 atom stereocenters. The maximum absolute atomic E-state index is 2.44. The van der Waals surface area contributed by atoms with Crippen molar-refractivity contribution >= 4 is 58.4 Å². The quantitative estimate of drug-likeness (QED) is 0.119. The van der Waals surface area contributed by atoms with E-state index < -0.39 is 0 Å². The standard InChI is InChI=1S/C86H88N2/c1-81(2,3)63-31-39-67(40-32-63)87(68-41-33-64(34-42-68)82(4,5)6)71-47-51-75-73-49-25-59(53-77(73)85(13,14)79(75)55-71)19-17-57-21-27-61(28-22-57)62-29-23-58(24-30-62)18-20-60-26-50-74-76-52-48-72(56-80(76)86(15,16)78(74)54-60)88(69-43-35-65(36-44-69)83(7,8)9)70-45-37-66(38-46-70)84(10,11)12/h17-56H,1-16H3. The smallest absolute Gasteiger partial charge is 0.0465 e. The Hall–Kier alpha value is -8.72. The van der Waals surface area contributed by atoms with Crippen LogP contribution in [0.3, 0.4) is 0 Å². The second kappa shape index (κ2) is 22.1. The number of fused-ring (bicyclic) bond motifs is 6. The molecule has 0 N–H and O–H groups in total. The van der Waals surface area contributed by atoms with E-state index in [1.54, 1.807) is 0 Å². The highest BCUT2D eigenvalue weighted by molar-refractivity contribution is 5.89. The summed E-state index contributed by atoms with van der Waals surface area (Å²) in [6.45, 7) is 36.9. The lowest BCUT2D eigenvalue weighted by molar-refractivity contribution is 0.590. The summed E-state index contributed by atoms with van der Waals surface area (Å²) in [5.74, 6) is 0. The van der Waals surface area contributed by atoms with Crippen LogP contribution in [0.15, 0.2) is 218 Å². The third kappa shape index (κ3) is 11.6. The van der Waals surface area contributed by atoms with E-state index >= 15 is 0 Å². The molecule has 2 nitrogen and oxygen atoms in total. The minimum atomic E-state index is -0.182. The fraction of sp³-hybridized carbons (Fsp3) is 0.256. The molecular formula is C86H88N2. The van der Waals surface area contributed by atoms with Crippen LogP contribution in [0.25, 0.3) is 57.7 Å². The van der Waals surface area contributed by atoms with E-state index in [1.165, 1.54) is 112 Å². The van der Waals surface area contributed by atoms with Crippen LogP contribution < -0.4 is 9.80 Å². The Morgan fingerprint density at radius 3 is 0.716 bits per heavy atom. The van der Waals surface area contributed by atoms with Crippen molar-refractivity contribution in [2.45, 2.75) is 143 Å². The SMILES string of the molecule is CC(C)(C)c1ccc(N(c2ccc(C(C)(C)C)cc2)c2ccc3c(c2)C(C)(C)c2cc(C=Cc4ccc(-c5ccc(C=Cc6ccc7c(c6)C(C)(C)c6cc(N(c8ccc(C(C)(C)C)cc8)c8ccc(C(C)(C)C)cc8)ccc6-7)cc5)cc4)ccc2-3)cc1. The molecule has 10 aromatic carbocycles. The molecule has 0 radical (unpaired) electrons. The van der Waals surface area contributed by atoms with E-state index in [0.29, 0.717) is 0 Å². The van der Waals surface area contributed by atoms with Gasteiger partial charge in [0.05, 0.1) is 0 Å². The number of hydrogen-bond donors (Lipinski definition) is 0. The Morgan fingerprint density at radius 1 is 0.239 bits per heavy atom. The van der Waals surface area contributed by atoms with Crippen LogP contribution in [0.2, 0.25) is 0 Å². The first-order valence-electron chi connectivity index (χ1n) is 31.8. The molecule has 0 fully saturated rings. The highest BCUT2D eigenvalue weighted by atomic mass is 15.1. The van der Waals surface area contributed by atoms with Gasteiger partial charge in [-0.2, -0.15) is 0 Å². The zero-order valence-corrected chi connectivity index (χ0v) is 55.0. The number of rotatable bonds is 11. The summed E-state index contributed by atoms with van der Waals surface area (Å²) in [4.78, 5) is 4.84. The zero-order chi connectivity index (χ0) is 62.3. The third-order valence-corrected chi connectivity index (χ3v) is 18.9. The van der Waals surface area contributed by atoms with Gasteiger partial charge in [0.15, 0.2) is 0 Å². The first-order chi connectivity index (χ1) is 41.6. The molecule has 2 aliphatic rings. The lowest BCUT2D eigenvalue weighted by Crippen LogP contribution is -2.17. The fourth-order valence-corrected chi connectivity index (χ4v) is 13.3. The van der Waals surface area contributed by atoms with Gasteiger partial charge in [-0.3, -0.25) is 0 Å². The van der Waals surface area contributed by atoms with Crippen LogP contribution in [0.4, 0.5) is 34.1 Å². The van der Waals surface area contributed by atoms with Gasteiger partial charge in [-0.05, 0) is 195 Å². The molecule has 0 aromatic heterocycles. The summed E-state index contributed by atoms with van der Waals surface area (Å²) in [5.41, 5.74) is 30.1. The van der Waals surface area contributed by atoms with Crippen molar-refractivity contribution < 1.29 is 0 Å². The molecule has 2 aliphatic carbocycles. The van der Waals surface area contributed by atoms with Gasteiger partial charge in [0.1, 0.15) is 0 Å². The molecule has 2 heteroatoms. The maximum atomic E-state index is 2.44. The molecule has 10 aromatic rings. The van der Waals surface area contributed by atoms with Crippen LogP contribution in [-0.4, -0.2) is 0 Å². The number of benzene rings is 10. The maximum Gasteiger partial charge on any atom is 0.0465 e. The average Bonchev–Trinajstić information content (AvgIpc) is 1.78. The van der Waals surface area contributed by atoms with E-state index in [2.05, 4.69) is 363 Å². The van der Waals surface area contributed by atoms with Crippen LogP contribution in [0.5, 0.6) is 0 Å². The van der Waals surface area contributed by atoms with Gasteiger partial charge in [0.2, 0.25) is 0 Å². The lowest BCUT2D eigenvalue weighted by Gasteiger charge is -2.29. The molecule has 0 saturated heterocycles. The molecule has 0 aliphatic heterocycles. The van der Waals surface area contributed by atoms with Crippen molar-refractivity contribution in [2.75, 3.05) is 9.80 Å². The Morgan fingerprint density at radius 2 is 0.455 bits per heavy atom. The van der Waals surface area contributed by atoms with Crippen molar-refractivity contribution in [1.82, 2.24) is 0 Å². The second-order valence-corrected chi connectivity index (χ2v) is 30.1. The molecule has 88 heavy (non-hydrogen) atoms. The summed E-state index contributed by atoms with van der Waals surface area (Å²) in [5, 5.41) is 0. The van der Waals surface area contributed by atoms with Gasteiger partial charge in [-0.25, -0.2) is 0 Å². The topological polar surface area (TPSA) is 6.48 Å². The minimum absolute atomic E-state index is 0.0778. The molecule has 0 bridgehead atoms. The highest BCUT2D eigenvalue weighted by Gasteiger charge is 2.38. The molecule has 0 amide bonds. The summed E-state index contributed by atoms with van der Waals surface area (Å²) in [7, 11) is 0. The zero-order valence-electron chi connectivity index (χ0n) is 55.0. The number of anilines is 6. The van der Waals surface area contributed by atoms with Crippen LogP contribution >= 0.6 is 0 Å². The normalized spacial score (nSPS) is 14.2. The Balaban J connectivity index is 0.725. The first kappa shape index (κ1) is 59.6. The average molecular weight is 1150 g/mol. The van der Waals surface area contributed by atoms with Crippen LogP contribution in [-0.2, 0) is 32.5 Å². The largest absolute Gasteiger partial charge is 0.310 e. The summed E-state index contributed by atoms with van der Waals surface area (Å²) in [6, 6.07) is 82.7. The fourth-order valence-electron chi connectivity index (χ4n) is 13.3. The van der Waals surface area contributed by atoms with Gasteiger partial charge < -0.3 is 9.80 Å². The molecule has 442 valence electrons. The predicted molar refractivity (Wildman–Crippen MR) is 382 cm³/mol.